The average Bonchev–Trinajstić information content (AvgIpc) is 1.61. The van der Waals surface area contributed by atoms with Crippen LogP contribution in [0.2, 0.25) is 0 Å². The van der Waals surface area contributed by atoms with Crippen LogP contribution in [0.15, 0.2) is 0 Å². The standard InChI is InChI=1S/C4H7NO3.Zn/c1-3(6)5-2-4(7)8;/h2H2,1H3,(H,5,6)(H,7,8);. The molecule has 0 aromatic rings. The number of hydrogen-bond acceptors (Lipinski definition) is 2. The van der Waals surface area contributed by atoms with E-state index in [-0.39, 0.29) is 31.9 Å². The SMILES string of the molecule is CC(=O)NCC(=O)O.[Zn]. The van der Waals surface area contributed by atoms with Gasteiger partial charge in [0.15, 0.2) is 0 Å². The summed E-state index contributed by atoms with van der Waals surface area (Å²) < 4.78 is 0. The number of amides is 1. The van der Waals surface area contributed by atoms with Crippen molar-refractivity contribution in [2.75, 3.05) is 6.54 Å². The number of carbonyl (C=O) groups is 2. The molecule has 0 aromatic heterocycles. The molecule has 4 nitrogen and oxygen atoms in total. The Hall–Kier alpha value is -0.437. The molecule has 0 spiro atoms. The molecular weight excluding hydrogens is 175 g/mol. The minimum absolute atomic E-state index is 0. The normalized spacial score (nSPS) is 7.22. The van der Waals surface area contributed by atoms with Crippen molar-refractivity contribution in [3.63, 3.8) is 0 Å². The third-order valence-corrected chi connectivity index (χ3v) is 0.489. The molecule has 9 heavy (non-hydrogen) atoms. The fraction of sp³-hybridized carbons (Fsp3) is 0.500. The van der Waals surface area contributed by atoms with Gasteiger partial charge in [-0.15, -0.1) is 0 Å². The van der Waals surface area contributed by atoms with Crippen LogP contribution >= 0.6 is 0 Å². The Balaban J connectivity index is 0. The van der Waals surface area contributed by atoms with Gasteiger partial charge in [-0.05, 0) is 0 Å². The van der Waals surface area contributed by atoms with Crippen molar-refractivity contribution in [2.24, 2.45) is 0 Å². The maximum atomic E-state index is 9.97. The molecule has 0 saturated carbocycles. The molecule has 0 saturated heterocycles. The van der Waals surface area contributed by atoms with Crippen LogP contribution in [-0.4, -0.2) is 23.5 Å². The molecule has 5 heteroatoms. The van der Waals surface area contributed by atoms with Crippen molar-refractivity contribution in [3.05, 3.63) is 0 Å². The van der Waals surface area contributed by atoms with Gasteiger partial charge in [0.05, 0.1) is 0 Å². The van der Waals surface area contributed by atoms with E-state index in [9.17, 15) is 9.59 Å². The molecular formula is C4H7NO3Zn. The first-order valence-electron chi connectivity index (χ1n) is 2.09. The molecule has 0 radical (unpaired) electrons. The van der Waals surface area contributed by atoms with Crippen molar-refractivity contribution in [1.29, 1.82) is 0 Å². The summed E-state index contributed by atoms with van der Waals surface area (Å²) in [6.45, 7) is 0.971. The molecule has 1 amide bonds. The van der Waals surface area contributed by atoms with Crippen molar-refractivity contribution in [3.8, 4) is 0 Å². The number of hydrogen-bond donors (Lipinski definition) is 2. The Morgan fingerprint density at radius 1 is 1.56 bits per heavy atom. The number of carboxylic acid groups (broad SMARTS) is 1. The van der Waals surface area contributed by atoms with Crippen molar-refractivity contribution < 1.29 is 34.2 Å². The van der Waals surface area contributed by atoms with Crippen LogP contribution in [0, 0.1) is 0 Å². The van der Waals surface area contributed by atoms with Crippen LogP contribution in [-0.2, 0) is 29.1 Å². The van der Waals surface area contributed by atoms with Crippen LogP contribution in [0.3, 0.4) is 0 Å². The summed E-state index contributed by atoms with van der Waals surface area (Å²) in [5.74, 6) is -1.35. The van der Waals surface area contributed by atoms with Gasteiger partial charge < -0.3 is 10.4 Å². The second-order valence-electron chi connectivity index (χ2n) is 1.30. The van der Waals surface area contributed by atoms with Crippen LogP contribution < -0.4 is 5.32 Å². The Morgan fingerprint density at radius 3 is 2.11 bits per heavy atom. The van der Waals surface area contributed by atoms with Crippen LogP contribution in [0.5, 0.6) is 0 Å². The summed E-state index contributed by atoms with van der Waals surface area (Å²) in [4.78, 5) is 19.7. The third-order valence-electron chi connectivity index (χ3n) is 0.489. The quantitative estimate of drug-likeness (QED) is 0.550. The fourth-order valence-corrected chi connectivity index (χ4v) is 0.200. The van der Waals surface area contributed by atoms with E-state index in [4.69, 9.17) is 5.11 Å². The zero-order valence-corrected chi connectivity index (χ0v) is 8.15. The molecule has 0 aliphatic carbocycles. The maximum Gasteiger partial charge on any atom is 0.322 e. The number of carbonyl (C=O) groups excluding carboxylic acids is 1. The van der Waals surface area contributed by atoms with Gasteiger partial charge >= 0.3 is 5.97 Å². The predicted molar refractivity (Wildman–Crippen MR) is 26.3 cm³/mol. The third kappa shape index (κ3) is 11.2. The summed E-state index contributed by atoms with van der Waals surface area (Å²) in [7, 11) is 0. The van der Waals surface area contributed by atoms with Gasteiger partial charge in [-0.1, -0.05) is 0 Å². The van der Waals surface area contributed by atoms with Gasteiger partial charge in [-0.25, -0.2) is 0 Å². The first-order valence-corrected chi connectivity index (χ1v) is 2.09. The molecule has 0 aliphatic rings. The largest absolute Gasteiger partial charge is 0.480 e. The molecule has 48 valence electrons. The second-order valence-corrected chi connectivity index (χ2v) is 1.30. The van der Waals surface area contributed by atoms with Crippen LogP contribution in [0.1, 0.15) is 6.92 Å². The summed E-state index contributed by atoms with van der Waals surface area (Å²) in [6, 6.07) is 0. The molecule has 0 rings (SSSR count). The van der Waals surface area contributed by atoms with Crippen LogP contribution in [0.25, 0.3) is 0 Å². The molecule has 0 heterocycles. The Morgan fingerprint density at radius 2 is 2.00 bits per heavy atom. The van der Waals surface area contributed by atoms with E-state index in [1.54, 1.807) is 0 Å². The Kier molecular flexibility index (Phi) is 7.20. The first kappa shape index (κ1) is 11.4. The van der Waals surface area contributed by atoms with Gasteiger partial charge in [0.2, 0.25) is 5.91 Å². The zero-order chi connectivity index (χ0) is 6.57. The number of rotatable bonds is 2. The monoisotopic (exact) mass is 181 g/mol. The number of nitrogens with one attached hydrogen (secondary N) is 1. The van der Waals surface area contributed by atoms with Crippen LogP contribution in [0.4, 0.5) is 0 Å². The van der Waals surface area contributed by atoms with Crippen molar-refractivity contribution in [1.82, 2.24) is 5.32 Å². The molecule has 0 aromatic carbocycles. The van der Waals surface area contributed by atoms with E-state index in [0.717, 1.165) is 0 Å². The minimum atomic E-state index is -1.03. The van der Waals surface area contributed by atoms with E-state index in [1.165, 1.54) is 6.92 Å². The zero-order valence-electron chi connectivity index (χ0n) is 5.18. The molecule has 0 fully saturated rings. The Labute approximate surface area is 65.4 Å². The molecule has 0 bridgehead atoms. The van der Waals surface area contributed by atoms with E-state index in [2.05, 4.69) is 5.32 Å². The van der Waals surface area contributed by atoms with Gasteiger partial charge in [0.25, 0.3) is 0 Å². The van der Waals surface area contributed by atoms with E-state index >= 15 is 0 Å². The van der Waals surface area contributed by atoms with Gasteiger partial charge in [-0.3, -0.25) is 9.59 Å². The fourth-order valence-electron chi connectivity index (χ4n) is 0.200. The summed E-state index contributed by atoms with van der Waals surface area (Å²) >= 11 is 0. The summed E-state index contributed by atoms with van der Waals surface area (Å²) in [5.41, 5.74) is 0. The summed E-state index contributed by atoms with van der Waals surface area (Å²) in [5, 5.41) is 10.1. The van der Waals surface area contributed by atoms with E-state index in [0.29, 0.717) is 0 Å². The number of aliphatic carboxylic acids is 1. The Bertz CT molecular complexity index is 100. The van der Waals surface area contributed by atoms with Crippen molar-refractivity contribution >= 4 is 11.9 Å². The molecule has 0 unspecified atom stereocenters. The second kappa shape index (κ2) is 5.70. The molecule has 0 aliphatic heterocycles. The first-order chi connectivity index (χ1) is 3.63. The average molecular weight is 182 g/mol. The predicted octanol–water partition coefficient (Wildman–Crippen LogP) is -0.795. The van der Waals surface area contributed by atoms with Gasteiger partial charge in [-0.2, -0.15) is 0 Å². The molecule has 2 N–H and O–H groups in total. The number of carboxylic acids is 1. The topological polar surface area (TPSA) is 66.4 Å². The molecule has 0 atom stereocenters. The van der Waals surface area contributed by atoms with Crippen molar-refractivity contribution in [2.45, 2.75) is 6.92 Å². The smallest absolute Gasteiger partial charge is 0.322 e. The van der Waals surface area contributed by atoms with E-state index in [1.807, 2.05) is 0 Å². The van der Waals surface area contributed by atoms with Gasteiger partial charge in [0.1, 0.15) is 6.54 Å². The minimum Gasteiger partial charge on any atom is -0.480 e. The van der Waals surface area contributed by atoms with Gasteiger partial charge in [0, 0.05) is 26.4 Å². The van der Waals surface area contributed by atoms with E-state index < -0.39 is 5.97 Å². The summed E-state index contributed by atoms with van der Waals surface area (Å²) in [6.07, 6.45) is 0. The maximum absolute atomic E-state index is 9.97.